The molecule has 0 aliphatic heterocycles. The quantitative estimate of drug-likeness (QED) is 0.818. The van der Waals surface area contributed by atoms with Crippen molar-refractivity contribution in [3.05, 3.63) is 69.7 Å². The highest BCUT2D eigenvalue weighted by atomic mass is 35.5. The third-order valence-corrected chi connectivity index (χ3v) is 3.61. The Morgan fingerprint density at radius 3 is 2.33 bits per heavy atom. The SMILES string of the molecule is CCCNC(c1cc(F)cc(F)c1)c1ccc(C)cc1Cl. The van der Waals surface area contributed by atoms with Crippen LogP contribution in [0.5, 0.6) is 0 Å². The average Bonchev–Trinajstić information content (AvgIpc) is 2.40. The zero-order chi connectivity index (χ0) is 15.4. The summed E-state index contributed by atoms with van der Waals surface area (Å²) in [7, 11) is 0. The van der Waals surface area contributed by atoms with Crippen LogP contribution < -0.4 is 5.32 Å². The molecule has 1 nitrogen and oxygen atoms in total. The fraction of sp³-hybridized carbons (Fsp3) is 0.294. The van der Waals surface area contributed by atoms with Gasteiger partial charge in [-0.15, -0.1) is 0 Å². The summed E-state index contributed by atoms with van der Waals surface area (Å²) in [5, 5.41) is 3.89. The van der Waals surface area contributed by atoms with Crippen molar-refractivity contribution in [2.45, 2.75) is 26.3 Å². The zero-order valence-electron chi connectivity index (χ0n) is 12.1. The van der Waals surface area contributed by atoms with Gasteiger partial charge in [-0.3, -0.25) is 0 Å². The maximum absolute atomic E-state index is 13.5. The standard InChI is InChI=1S/C17H18ClF2N/c1-3-6-21-17(12-8-13(19)10-14(20)9-12)15-5-4-11(2)7-16(15)18/h4-5,7-10,17,21H,3,6H2,1-2H3. The first-order chi connectivity index (χ1) is 10.0. The van der Waals surface area contributed by atoms with Crippen molar-refractivity contribution in [2.24, 2.45) is 0 Å². The molecule has 0 aliphatic rings. The minimum absolute atomic E-state index is 0.330. The molecule has 0 bridgehead atoms. The van der Waals surface area contributed by atoms with Crippen molar-refractivity contribution in [3.63, 3.8) is 0 Å². The number of hydrogen-bond donors (Lipinski definition) is 1. The second-order valence-corrected chi connectivity index (χ2v) is 5.52. The Labute approximate surface area is 128 Å². The lowest BCUT2D eigenvalue weighted by Crippen LogP contribution is -2.23. The Bertz CT molecular complexity index is 608. The fourth-order valence-electron chi connectivity index (χ4n) is 2.30. The molecule has 0 heterocycles. The third-order valence-electron chi connectivity index (χ3n) is 3.28. The van der Waals surface area contributed by atoms with Crippen LogP contribution in [0.2, 0.25) is 5.02 Å². The summed E-state index contributed by atoms with van der Waals surface area (Å²) >= 11 is 6.31. The molecule has 0 spiro atoms. The van der Waals surface area contributed by atoms with Gasteiger partial charge in [0, 0.05) is 11.1 Å². The normalized spacial score (nSPS) is 12.4. The van der Waals surface area contributed by atoms with E-state index in [-0.39, 0.29) is 6.04 Å². The lowest BCUT2D eigenvalue weighted by molar-refractivity contribution is 0.558. The van der Waals surface area contributed by atoms with Crippen molar-refractivity contribution >= 4 is 11.6 Å². The first kappa shape index (κ1) is 15.9. The molecule has 0 saturated carbocycles. The maximum atomic E-state index is 13.5. The van der Waals surface area contributed by atoms with Gasteiger partial charge >= 0.3 is 0 Å². The van der Waals surface area contributed by atoms with E-state index >= 15 is 0 Å². The molecule has 1 unspecified atom stereocenters. The number of nitrogens with one attached hydrogen (secondary N) is 1. The van der Waals surface area contributed by atoms with E-state index in [2.05, 4.69) is 5.32 Å². The number of hydrogen-bond acceptors (Lipinski definition) is 1. The molecule has 0 radical (unpaired) electrons. The van der Waals surface area contributed by atoms with Crippen LogP contribution in [0.1, 0.15) is 36.1 Å². The van der Waals surface area contributed by atoms with Gasteiger partial charge in [0.15, 0.2) is 0 Å². The largest absolute Gasteiger partial charge is 0.306 e. The molecule has 4 heteroatoms. The molecule has 2 rings (SSSR count). The van der Waals surface area contributed by atoms with Gasteiger partial charge in [-0.25, -0.2) is 8.78 Å². The molecule has 21 heavy (non-hydrogen) atoms. The van der Waals surface area contributed by atoms with Crippen molar-refractivity contribution in [1.29, 1.82) is 0 Å². The molecule has 0 amide bonds. The molecule has 2 aromatic rings. The Morgan fingerprint density at radius 2 is 1.76 bits per heavy atom. The van der Waals surface area contributed by atoms with Gasteiger partial charge in [0.2, 0.25) is 0 Å². The Hall–Kier alpha value is -1.45. The molecule has 0 saturated heterocycles. The zero-order valence-corrected chi connectivity index (χ0v) is 12.8. The predicted octanol–water partition coefficient (Wildman–Crippen LogP) is 5.02. The average molecular weight is 310 g/mol. The molecule has 2 aromatic carbocycles. The molecular formula is C17H18ClF2N. The van der Waals surface area contributed by atoms with Crippen molar-refractivity contribution in [2.75, 3.05) is 6.54 Å². The Kier molecular flexibility index (Phi) is 5.32. The molecule has 112 valence electrons. The summed E-state index contributed by atoms with van der Waals surface area (Å²) in [5.41, 5.74) is 2.40. The minimum Gasteiger partial charge on any atom is -0.306 e. The maximum Gasteiger partial charge on any atom is 0.126 e. The van der Waals surface area contributed by atoms with Gasteiger partial charge in [0.1, 0.15) is 11.6 Å². The molecule has 0 aliphatic carbocycles. The van der Waals surface area contributed by atoms with Crippen LogP contribution in [0.25, 0.3) is 0 Å². The van der Waals surface area contributed by atoms with Gasteiger partial charge in [0.25, 0.3) is 0 Å². The summed E-state index contributed by atoms with van der Waals surface area (Å²) in [4.78, 5) is 0. The van der Waals surface area contributed by atoms with Crippen molar-refractivity contribution < 1.29 is 8.78 Å². The van der Waals surface area contributed by atoms with E-state index in [1.807, 2.05) is 32.0 Å². The van der Waals surface area contributed by atoms with Crippen LogP contribution in [-0.4, -0.2) is 6.54 Å². The van der Waals surface area contributed by atoms with Crippen LogP contribution in [0.4, 0.5) is 8.78 Å². The summed E-state index contributed by atoms with van der Waals surface area (Å²) in [6.07, 6.45) is 0.914. The predicted molar refractivity (Wildman–Crippen MR) is 82.7 cm³/mol. The summed E-state index contributed by atoms with van der Waals surface area (Å²) in [6.45, 7) is 4.71. The first-order valence-electron chi connectivity index (χ1n) is 6.96. The van der Waals surface area contributed by atoms with Gasteiger partial charge < -0.3 is 5.32 Å². The highest BCUT2D eigenvalue weighted by Crippen LogP contribution is 2.30. The van der Waals surface area contributed by atoms with Crippen molar-refractivity contribution in [3.8, 4) is 0 Å². The number of halogens is 3. The molecule has 0 fully saturated rings. The van der Waals surface area contributed by atoms with E-state index < -0.39 is 11.6 Å². The van der Waals surface area contributed by atoms with E-state index in [9.17, 15) is 8.78 Å². The second-order valence-electron chi connectivity index (χ2n) is 5.11. The fourth-order valence-corrected chi connectivity index (χ4v) is 2.65. The third kappa shape index (κ3) is 4.02. The van der Waals surface area contributed by atoms with Gasteiger partial charge in [-0.05, 0) is 54.8 Å². The van der Waals surface area contributed by atoms with Gasteiger partial charge in [0.05, 0.1) is 6.04 Å². The monoisotopic (exact) mass is 309 g/mol. The van der Waals surface area contributed by atoms with E-state index in [1.165, 1.54) is 12.1 Å². The first-order valence-corrected chi connectivity index (χ1v) is 7.34. The highest BCUT2D eigenvalue weighted by molar-refractivity contribution is 6.31. The molecule has 1 atom stereocenters. The molecular weight excluding hydrogens is 292 g/mol. The van der Waals surface area contributed by atoms with Crippen LogP contribution in [0, 0.1) is 18.6 Å². The van der Waals surface area contributed by atoms with E-state index in [4.69, 9.17) is 11.6 Å². The van der Waals surface area contributed by atoms with E-state index in [1.54, 1.807) is 0 Å². The van der Waals surface area contributed by atoms with E-state index in [0.717, 1.165) is 30.2 Å². The summed E-state index contributed by atoms with van der Waals surface area (Å²) in [6, 6.07) is 8.91. The van der Waals surface area contributed by atoms with Crippen LogP contribution in [0.15, 0.2) is 36.4 Å². The number of aryl methyl sites for hydroxylation is 1. The van der Waals surface area contributed by atoms with Crippen LogP contribution in [-0.2, 0) is 0 Å². The second kappa shape index (κ2) is 7.01. The lowest BCUT2D eigenvalue weighted by Gasteiger charge is -2.21. The topological polar surface area (TPSA) is 12.0 Å². The number of benzene rings is 2. The molecule has 0 aromatic heterocycles. The minimum atomic E-state index is -0.587. The van der Waals surface area contributed by atoms with Crippen molar-refractivity contribution in [1.82, 2.24) is 5.32 Å². The smallest absolute Gasteiger partial charge is 0.126 e. The summed E-state index contributed by atoms with van der Waals surface area (Å²) < 4.78 is 27.0. The Balaban J connectivity index is 2.46. The number of rotatable bonds is 5. The van der Waals surface area contributed by atoms with E-state index in [0.29, 0.717) is 10.6 Å². The van der Waals surface area contributed by atoms with Crippen LogP contribution in [0.3, 0.4) is 0 Å². The highest BCUT2D eigenvalue weighted by Gasteiger charge is 2.18. The Morgan fingerprint density at radius 1 is 1.10 bits per heavy atom. The van der Waals surface area contributed by atoms with Gasteiger partial charge in [-0.2, -0.15) is 0 Å². The van der Waals surface area contributed by atoms with Gasteiger partial charge in [-0.1, -0.05) is 30.7 Å². The van der Waals surface area contributed by atoms with Crippen LogP contribution >= 0.6 is 11.6 Å². The summed E-state index contributed by atoms with van der Waals surface area (Å²) in [5.74, 6) is -1.17. The lowest BCUT2D eigenvalue weighted by atomic mass is 9.97. The molecule has 1 N–H and O–H groups in total.